The van der Waals surface area contributed by atoms with Crippen molar-refractivity contribution in [3.63, 3.8) is 0 Å². The van der Waals surface area contributed by atoms with Crippen LogP contribution in [0.15, 0.2) is 101 Å². The third-order valence-corrected chi connectivity index (χ3v) is 5.96. The Morgan fingerprint density at radius 1 is 0.941 bits per heavy atom. The van der Waals surface area contributed by atoms with Gasteiger partial charge in [0.25, 0.3) is 5.69 Å². The normalized spacial score (nSPS) is 15.3. The third kappa shape index (κ3) is 4.15. The zero-order chi connectivity index (χ0) is 23.7. The lowest BCUT2D eigenvalue weighted by atomic mass is 10.00. The van der Waals surface area contributed by atoms with Gasteiger partial charge >= 0.3 is 0 Å². The lowest BCUT2D eigenvalue weighted by Gasteiger charge is -2.24. The van der Waals surface area contributed by atoms with Crippen LogP contribution in [0.2, 0.25) is 0 Å². The Labute approximate surface area is 197 Å². The van der Waals surface area contributed by atoms with Gasteiger partial charge in [-0.25, -0.2) is 0 Å². The molecule has 5 rings (SSSR count). The Balaban J connectivity index is 1.48. The van der Waals surface area contributed by atoms with E-state index in [2.05, 4.69) is 29.2 Å². The predicted molar refractivity (Wildman–Crippen MR) is 134 cm³/mol. The van der Waals surface area contributed by atoms with Gasteiger partial charge in [0.2, 0.25) is 0 Å². The van der Waals surface area contributed by atoms with Crippen molar-refractivity contribution in [2.45, 2.75) is 12.5 Å². The van der Waals surface area contributed by atoms with Gasteiger partial charge in [-0.2, -0.15) is 5.10 Å². The summed E-state index contributed by atoms with van der Waals surface area (Å²) in [5.41, 5.74) is 4.84. The zero-order valence-electron chi connectivity index (χ0n) is 19.0. The first-order chi connectivity index (χ1) is 16.5. The maximum atomic E-state index is 11.1. The van der Waals surface area contributed by atoms with Gasteiger partial charge in [-0.1, -0.05) is 42.5 Å². The number of benzene rings is 3. The van der Waals surface area contributed by atoms with Crippen molar-refractivity contribution >= 4 is 22.8 Å². The Bertz CT molecular complexity index is 1340. The van der Waals surface area contributed by atoms with Crippen LogP contribution in [0, 0.1) is 10.1 Å². The SMILES string of the molecule is CN(C)c1ccc([C@@H]2CC(c3ccc(-c4cccc([N+](=O)[O-])c4)o3)=NN2c2ccccc2)cc1. The molecule has 2 heterocycles. The maximum Gasteiger partial charge on any atom is 0.270 e. The van der Waals surface area contributed by atoms with E-state index in [4.69, 9.17) is 9.52 Å². The van der Waals surface area contributed by atoms with Crippen LogP contribution in [0.25, 0.3) is 11.3 Å². The molecule has 0 N–H and O–H groups in total. The summed E-state index contributed by atoms with van der Waals surface area (Å²) >= 11 is 0. The number of rotatable bonds is 6. The monoisotopic (exact) mass is 452 g/mol. The molecule has 7 heteroatoms. The Morgan fingerprint density at radius 3 is 2.38 bits per heavy atom. The minimum Gasteiger partial charge on any atom is -0.455 e. The fourth-order valence-electron chi connectivity index (χ4n) is 4.15. The number of nitro benzene ring substituents is 1. The number of anilines is 2. The van der Waals surface area contributed by atoms with E-state index >= 15 is 0 Å². The van der Waals surface area contributed by atoms with E-state index in [1.807, 2.05) is 61.6 Å². The molecule has 0 saturated carbocycles. The van der Waals surface area contributed by atoms with E-state index < -0.39 is 4.92 Å². The Hall–Kier alpha value is -4.39. The second-order valence-electron chi connectivity index (χ2n) is 8.40. The molecule has 0 saturated heterocycles. The highest BCUT2D eigenvalue weighted by Crippen LogP contribution is 2.38. The highest BCUT2D eigenvalue weighted by atomic mass is 16.6. The van der Waals surface area contributed by atoms with Crippen molar-refractivity contribution in [3.8, 4) is 11.3 Å². The van der Waals surface area contributed by atoms with Crippen molar-refractivity contribution in [1.82, 2.24) is 0 Å². The minimum absolute atomic E-state index is 0.0278. The highest BCUT2D eigenvalue weighted by Gasteiger charge is 2.31. The lowest BCUT2D eigenvalue weighted by Crippen LogP contribution is -2.18. The highest BCUT2D eigenvalue weighted by molar-refractivity contribution is 6.01. The molecule has 34 heavy (non-hydrogen) atoms. The summed E-state index contributed by atoms with van der Waals surface area (Å²) < 4.78 is 6.12. The number of nitrogens with zero attached hydrogens (tertiary/aromatic N) is 4. The first-order valence-electron chi connectivity index (χ1n) is 11.0. The molecule has 0 unspecified atom stereocenters. The van der Waals surface area contributed by atoms with Crippen LogP contribution in [0.1, 0.15) is 23.8 Å². The van der Waals surface area contributed by atoms with E-state index in [1.165, 1.54) is 17.7 Å². The largest absolute Gasteiger partial charge is 0.455 e. The standard InChI is InChI=1S/C27H24N4O3/c1-29(2)21-13-11-19(12-14-21)25-18-24(28-30(25)22-8-4-3-5-9-22)27-16-15-26(34-27)20-7-6-10-23(17-20)31(32)33/h3-17,25H,18H2,1-2H3/t25-/m0/s1. The summed E-state index contributed by atoms with van der Waals surface area (Å²) in [5.74, 6) is 1.24. The molecule has 0 fully saturated rings. The van der Waals surface area contributed by atoms with Crippen molar-refractivity contribution < 1.29 is 9.34 Å². The number of nitro groups is 1. The first-order valence-corrected chi connectivity index (χ1v) is 11.0. The van der Waals surface area contributed by atoms with Crippen LogP contribution in [0.3, 0.4) is 0 Å². The number of para-hydroxylation sites is 1. The first kappa shape index (κ1) is 21.5. The summed E-state index contributed by atoms with van der Waals surface area (Å²) in [4.78, 5) is 12.8. The molecule has 0 spiro atoms. The van der Waals surface area contributed by atoms with Crippen LogP contribution < -0.4 is 9.91 Å². The summed E-state index contributed by atoms with van der Waals surface area (Å²) in [7, 11) is 4.05. The number of hydrogen-bond acceptors (Lipinski definition) is 6. The van der Waals surface area contributed by atoms with Gasteiger partial charge < -0.3 is 9.32 Å². The maximum absolute atomic E-state index is 11.1. The molecule has 7 nitrogen and oxygen atoms in total. The second-order valence-corrected chi connectivity index (χ2v) is 8.40. The molecule has 3 aromatic carbocycles. The van der Waals surface area contributed by atoms with Gasteiger partial charge in [0, 0.05) is 43.9 Å². The molecular formula is C27H24N4O3. The van der Waals surface area contributed by atoms with Gasteiger partial charge in [0.05, 0.1) is 16.7 Å². The Kier molecular flexibility index (Phi) is 5.59. The van der Waals surface area contributed by atoms with Crippen LogP contribution in [-0.2, 0) is 0 Å². The summed E-state index contributed by atoms with van der Waals surface area (Å²) in [6.07, 6.45) is 0.679. The smallest absolute Gasteiger partial charge is 0.270 e. The number of non-ortho nitro benzene ring substituents is 1. The number of hydrogen-bond donors (Lipinski definition) is 0. The molecule has 4 aromatic rings. The van der Waals surface area contributed by atoms with Crippen molar-refractivity contribution in [2.24, 2.45) is 5.10 Å². The van der Waals surface area contributed by atoms with Crippen LogP contribution in [0.5, 0.6) is 0 Å². The minimum atomic E-state index is -0.404. The molecule has 1 atom stereocenters. The van der Waals surface area contributed by atoms with Crippen molar-refractivity contribution in [3.05, 3.63) is 112 Å². The van der Waals surface area contributed by atoms with E-state index in [0.29, 0.717) is 23.5 Å². The van der Waals surface area contributed by atoms with Gasteiger partial charge in [-0.15, -0.1) is 0 Å². The van der Waals surface area contributed by atoms with Crippen LogP contribution in [-0.4, -0.2) is 24.7 Å². The zero-order valence-corrected chi connectivity index (χ0v) is 19.0. The molecule has 1 aromatic heterocycles. The van der Waals surface area contributed by atoms with Crippen LogP contribution >= 0.6 is 0 Å². The second kappa shape index (κ2) is 8.86. The van der Waals surface area contributed by atoms with Gasteiger partial charge in [0.15, 0.2) is 5.76 Å². The Morgan fingerprint density at radius 2 is 1.68 bits per heavy atom. The molecule has 0 aliphatic carbocycles. The number of hydrazone groups is 1. The quantitative estimate of drug-likeness (QED) is 0.254. The lowest BCUT2D eigenvalue weighted by molar-refractivity contribution is -0.384. The topological polar surface area (TPSA) is 75.1 Å². The van der Waals surface area contributed by atoms with E-state index in [0.717, 1.165) is 17.1 Å². The van der Waals surface area contributed by atoms with Crippen LogP contribution in [0.4, 0.5) is 17.1 Å². The van der Waals surface area contributed by atoms with Crippen molar-refractivity contribution in [2.75, 3.05) is 24.0 Å². The fourth-order valence-corrected chi connectivity index (χ4v) is 4.15. The third-order valence-electron chi connectivity index (χ3n) is 5.96. The molecule has 170 valence electrons. The molecule has 0 amide bonds. The predicted octanol–water partition coefficient (Wildman–Crippen LogP) is 6.28. The summed E-state index contributed by atoms with van der Waals surface area (Å²) in [5, 5.41) is 18.1. The summed E-state index contributed by atoms with van der Waals surface area (Å²) in [6, 6.07) is 28.8. The molecule has 1 aliphatic rings. The molecule has 0 bridgehead atoms. The molecule has 0 radical (unpaired) electrons. The number of furan rings is 1. The van der Waals surface area contributed by atoms with Gasteiger partial charge in [-0.05, 0) is 42.0 Å². The van der Waals surface area contributed by atoms with Gasteiger partial charge in [-0.3, -0.25) is 15.1 Å². The van der Waals surface area contributed by atoms with E-state index in [9.17, 15) is 10.1 Å². The van der Waals surface area contributed by atoms with Gasteiger partial charge in [0.1, 0.15) is 11.5 Å². The average Bonchev–Trinajstić information content (AvgIpc) is 3.53. The fraction of sp³-hybridized carbons (Fsp3) is 0.148. The molecular weight excluding hydrogens is 428 g/mol. The van der Waals surface area contributed by atoms with Crippen molar-refractivity contribution in [1.29, 1.82) is 0 Å². The molecule has 1 aliphatic heterocycles. The van der Waals surface area contributed by atoms with E-state index in [1.54, 1.807) is 12.1 Å². The summed E-state index contributed by atoms with van der Waals surface area (Å²) in [6.45, 7) is 0. The van der Waals surface area contributed by atoms with E-state index in [-0.39, 0.29) is 11.7 Å². The average molecular weight is 453 g/mol.